The third-order valence-electron chi connectivity index (χ3n) is 5.77. The highest BCUT2D eigenvalue weighted by atomic mass is 16.6. The Balaban J connectivity index is 2.80. The lowest BCUT2D eigenvalue weighted by molar-refractivity contribution is -0.167. The molecule has 0 aromatic rings. The maximum atomic E-state index is 11.7. The number of nitrogens with zero attached hydrogens (tertiary/aromatic N) is 1. The monoisotopic (exact) mass is 451 g/mol. The molecule has 1 rings (SSSR count). The molecule has 0 bridgehead atoms. The first-order chi connectivity index (χ1) is 15.1. The Labute approximate surface area is 193 Å². The second-order valence-corrected chi connectivity index (χ2v) is 8.95. The summed E-state index contributed by atoms with van der Waals surface area (Å²) in [7, 11) is 1.58. The molecule has 1 heterocycles. The molecule has 0 amide bonds. The van der Waals surface area contributed by atoms with Crippen molar-refractivity contribution in [3.05, 3.63) is 23.3 Å². The van der Waals surface area contributed by atoms with E-state index in [0.717, 1.165) is 43.4 Å². The Hall–Kier alpha value is -2.15. The van der Waals surface area contributed by atoms with E-state index in [1.807, 2.05) is 13.0 Å². The van der Waals surface area contributed by atoms with E-state index in [9.17, 15) is 9.59 Å². The summed E-state index contributed by atoms with van der Waals surface area (Å²) in [6.07, 6.45) is 8.49. The molecule has 1 aliphatic rings. The van der Waals surface area contributed by atoms with Crippen LogP contribution in [-0.4, -0.2) is 49.7 Å². The van der Waals surface area contributed by atoms with Gasteiger partial charge in [0, 0.05) is 20.3 Å². The number of esters is 2. The molecule has 0 radical (unpaired) electrons. The summed E-state index contributed by atoms with van der Waals surface area (Å²) in [5.41, 5.74) is 2.74. The average Bonchev–Trinajstić information content (AvgIpc) is 2.84. The average molecular weight is 452 g/mol. The molecule has 0 saturated carbocycles. The van der Waals surface area contributed by atoms with Crippen molar-refractivity contribution in [2.24, 2.45) is 11.1 Å². The van der Waals surface area contributed by atoms with Crippen molar-refractivity contribution in [1.82, 2.24) is 0 Å². The van der Waals surface area contributed by atoms with Crippen LogP contribution in [0, 0.1) is 5.92 Å². The SMILES string of the molecule is CO/N=C(/CC=C(C)C)C(C)CCC[C@]1(C)OC/C(=C/COC(C)=O)CC[C@H]1OC(C)=O. The predicted octanol–water partition coefficient (Wildman–Crippen LogP) is 5.14. The van der Waals surface area contributed by atoms with E-state index >= 15 is 0 Å². The van der Waals surface area contributed by atoms with E-state index in [1.165, 1.54) is 19.4 Å². The number of hydrogen-bond donors (Lipinski definition) is 0. The zero-order valence-corrected chi connectivity index (χ0v) is 20.9. The minimum atomic E-state index is -0.582. The number of carbonyl (C=O) groups is 2. The number of oxime groups is 1. The molecule has 3 atom stereocenters. The van der Waals surface area contributed by atoms with E-state index in [2.05, 4.69) is 32.0 Å². The van der Waals surface area contributed by atoms with E-state index in [4.69, 9.17) is 19.0 Å². The summed E-state index contributed by atoms with van der Waals surface area (Å²) in [5.74, 6) is -0.345. The molecule has 1 fully saturated rings. The second-order valence-electron chi connectivity index (χ2n) is 8.95. The zero-order chi connectivity index (χ0) is 24.1. The third-order valence-corrected chi connectivity index (χ3v) is 5.77. The van der Waals surface area contributed by atoms with Gasteiger partial charge in [-0.1, -0.05) is 23.7 Å². The quantitative estimate of drug-likeness (QED) is 0.187. The van der Waals surface area contributed by atoms with E-state index < -0.39 is 5.60 Å². The van der Waals surface area contributed by atoms with Crippen molar-refractivity contribution in [1.29, 1.82) is 0 Å². The molecule has 0 aliphatic carbocycles. The first kappa shape index (κ1) is 27.9. The van der Waals surface area contributed by atoms with Crippen LogP contribution in [0.3, 0.4) is 0 Å². The van der Waals surface area contributed by atoms with Gasteiger partial charge < -0.3 is 19.0 Å². The van der Waals surface area contributed by atoms with Gasteiger partial charge in [-0.25, -0.2) is 0 Å². The van der Waals surface area contributed by atoms with Crippen LogP contribution in [0.1, 0.15) is 80.1 Å². The standard InChI is InChI=1S/C25H41NO6/c1-18(2)10-12-23(26-29-7)19(3)9-8-15-25(6)24(32-21(5)28)13-11-22(17-31-25)14-16-30-20(4)27/h10,14,19,24H,8-9,11-13,15-17H2,1-7H3/b22-14+,26-23-/t19?,24-,25+/m1/s1. The van der Waals surface area contributed by atoms with Gasteiger partial charge in [0.1, 0.15) is 25.4 Å². The van der Waals surface area contributed by atoms with Crippen molar-refractivity contribution in [2.45, 2.75) is 91.8 Å². The van der Waals surface area contributed by atoms with Gasteiger partial charge in [-0.15, -0.1) is 0 Å². The molecule has 32 heavy (non-hydrogen) atoms. The molecule has 1 saturated heterocycles. The van der Waals surface area contributed by atoms with Crippen LogP contribution in [0.5, 0.6) is 0 Å². The van der Waals surface area contributed by atoms with Crippen LogP contribution in [0.15, 0.2) is 28.5 Å². The first-order valence-corrected chi connectivity index (χ1v) is 11.4. The molecule has 0 N–H and O–H groups in total. The lowest BCUT2D eigenvalue weighted by Crippen LogP contribution is -2.43. The van der Waals surface area contributed by atoms with Gasteiger partial charge in [0.05, 0.1) is 12.3 Å². The summed E-state index contributed by atoms with van der Waals surface area (Å²) >= 11 is 0. The molecule has 1 aliphatic heterocycles. The fourth-order valence-electron chi connectivity index (χ4n) is 3.78. The number of rotatable bonds is 11. The van der Waals surface area contributed by atoms with Gasteiger partial charge in [0.15, 0.2) is 0 Å². The maximum absolute atomic E-state index is 11.7. The Bertz CT molecular complexity index is 707. The predicted molar refractivity (Wildman–Crippen MR) is 125 cm³/mol. The highest BCUT2D eigenvalue weighted by Gasteiger charge is 2.39. The van der Waals surface area contributed by atoms with Crippen LogP contribution in [0.2, 0.25) is 0 Å². The molecule has 7 nitrogen and oxygen atoms in total. The van der Waals surface area contributed by atoms with Gasteiger partial charge in [0.2, 0.25) is 0 Å². The Morgan fingerprint density at radius 2 is 1.97 bits per heavy atom. The highest BCUT2D eigenvalue weighted by molar-refractivity contribution is 5.87. The maximum Gasteiger partial charge on any atom is 0.303 e. The molecular formula is C25H41NO6. The van der Waals surface area contributed by atoms with Crippen molar-refractivity contribution in [2.75, 3.05) is 20.3 Å². The Morgan fingerprint density at radius 3 is 2.56 bits per heavy atom. The molecule has 7 heteroatoms. The van der Waals surface area contributed by atoms with Crippen molar-refractivity contribution in [3.8, 4) is 0 Å². The zero-order valence-electron chi connectivity index (χ0n) is 20.9. The van der Waals surface area contributed by atoms with Gasteiger partial charge in [-0.2, -0.15) is 0 Å². The molecule has 0 aromatic heterocycles. The highest BCUT2D eigenvalue weighted by Crippen LogP contribution is 2.34. The lowest BCUT2D eigenvalue weighted by atomic mass is 9.87. The minimum Gasteiger partial charge on any atom is -0.462 e. The van der Waals surface area contributed by atoms with E-state index in [-0.39, 0.29) is 30.6 Å². The Morgan fingerprint density at radius 1 is 1.25 bits per heavy atom. The van der Waals surface area contributed by atoms with Crippen molar-refractivity contribution < 1.29 is 28.6 Å². The van der Waals surface area contributed by atoms with Gasteiger partial charge >= 0.3 is 11.9 Å². The van der Waals surface area contributed by atoms with Crippen LogP contribution in [-0.2, 0) is 28.6 Å². The number of carbonyl (C=O) groups excluding carboxylic acids is 2. The fourth-order valence-corrected chi connectivity index (χ4v) is 3.78. The largest absolute Gasteiger partial charge is 0.462 e. The Kier molecular flexibility index (Phi) is 12.3. The first-order valence-electron chi connectivity index (χ1n) is 11.4. The van der Waals surface area contributed by atoms with Gasteiger partial charge in [0.25, 0.3) is 0 Å². The molecule has 182 valence electrons. The summed E-state index contributed by atoms with van der Waals surface area (Å²) in [6, 6.07) is 0. The number of allylic oxidation sites excluding steroid dienone is 2. The molecular weight excluding hydrogens is 410 g/mol. The summed E-state index contributed by atoms with van der Waals surface area (Å²) in [5, 5.41) is 4.23. The number of hydrogen-bond acceptors (Lipinski definition) is 7. The second kappa shape index (κ2) is 14.1. The smallest absolute Gasteiger partial charge is 0.303 e. The number of ether oxygens (including phenoxy) is 3. The van der Waals surface area contributed by atoms with Crippen LogP contribution >= 0.6 is 0 Å². The molecule has 1 unspecified atom stereocenters. The normalized spacial score (nSPS) is 23.8. The fraction of sp³-hybridized carbons (Fsp3) is 0.720. The van der Waals surface area contributed by atoms with E-state index in [0.29, 0.717) is 13.0 Å². The van der Waals surface area contributed by atoms with Crippen LogP contribution in [0.4, 0.5) is 0 Å². The summed E-state index contributed by atoms with van der Waals surface area (Å²) < 4.78 is 17.0. The summed E-state index contributed by atoms with van der Waals surface area (Å²) in [6.45, 7) is 11.8. The van der Waals surface area contributed by atoms with Crippen LogP contribution in [0.25, 0.3) is 0 Å². The lowest BCUT2D eigenvalue weighted by Gasteiger charge is -2.35. The van der Waals surface area contributed by atoms with Crippen molar-refractivity contribution >= 4 is 17.7 Å². The molecule has 0 spiro atoms. The summed E-state index contributed by atoms with van der Waals surface area (Å²) in [4.78, 5) is 27.8. The third kappa shape index (κ3) is 10.4. The van der Waals surface area contributed by atoms with Crippen LogP contribution < -0.4 is 0 Å². The molecule has 0 aromatic carbocycles. The van der Waals surface area contributed by atoms with Crippen molar-refractivity contribution in [3.63, 3.8) is 0 Å². The topological polar surface area (TPSA) is 83.4 Å². The van der Waals surface area contributed by atoms with Gasteiger partial charge in [-0.3, -0.25) is 9.59 Å². The van der Waals surface area contributed by atoms with Gasteiger partial charge in [-0.05, 0) is 70.4 Å². The van der Waals surface area contributed by atoms with E-state index in [1.54, 1.807) is 7.11 Å². The minimum absolute atomic E-state index is 0.230.